The summed E-state index contributed by atoms with van der Waals surface area (Å²) in [5, 5.41) is 0.317. The van der Waals surface area contributed by atoms with Gasteiger partial charge < -0.3 is 4.43 Å². The Balaban J connectivity index is 2.78. The zero-order valence-corrected chi connectivity index (χ0v) is 12.2. The molecule has 0 saturated carbocycles. The predicted molar refractivity (Wildman–Crippen MR) is 73.5 cm³/mol. The molecule has 0 heterocycles. The summed E-state index contributed by atoms with van der Waals surface area (Å²) in [6.45, 7) is 11.6. The van der Waals surface area contributed by atoms with Gasteiger partial charge in [-0.05, 0) is 36.7 Å². The molecule has 0 saturated heterocycles. The lowest BCUT2D eigenvalue weighted by molar-refractivity contribution is 0.454. The topological polar surface area (TPSA) is 9.23 Å². The van der Waals surface area contributed by atoms with Crippen LogP contribution >= 0.6 is 0 Å². The van der Waals surface area contributed by atoms with Crippen molar-refractivity contribution in [3.8, 4) is 5.75 Å². The normalized spacial score (nSPS) is 12.6. The fraction of sp³-hybridized carbons (Fsp3) is 0.571. The van der Waals surface area contributed by atoms with Gasteiger partial charge in [-0.15, -0.1) is 0 Å². The summed E-state index contributed by atoms with van der Waals surface area (Å²) in [6.07, 6.45) is 2.46. The van der Waals surface area contributed by atoms with E-state index in [2.05, 4.69) is 46.0 Å². The molecule has 0 spiro atoms. The molecule has 0 aliphatic heterocycles. The average Bonchev–Trinajstić information content (AvgIpc) is 2.18. The lowest BCUT2D eigenvalue weighted by atomic mass is 10.1. The van der Waals surface area contributed by atoms with Crippen LogP contribution < -0.4 is 4.43 Å². The molecule has 16 heavy (non-hydrogen) atoms. The average molecular weight is 236 g/mol. The van der Waals surface area contributed by atoms with E-state index in [-0.39, 0.29) is 0 Å². The number of rotatable bonds is 5. The number of benzene rings is 1. The van der Waals surface area contributed by atoms with E-state index in [1.165, 1.54) is 12.8 Å². The summed E-state index contributed by atoms with van der Waals surface area (Å²) in [5.41, 5.74) is 0. The van der Waals surface area contributed by atoms with E-state index in [9.17, 15) is 0 Å². The molecule has 0 aromatic heterocycles. The monoisotopic (exact) mass is 236 g/mol. The van der Waals surface area contributed by atoms with Crippen LogP contribution in [0.1, 0.15) is 33.6 Å². The Bertz CT molecular complexity index is 317. The first kappa shape index (κ1) is 13.3. The first-order valence-electron chi connectivity index (χ1n) is 6.13. The third-order valence-electron chi connectivity index (χ3n) is 3.62. The van der Waals surface area contributed by atoms with Crippen molar-refractivity contribution < 1.29 is 4.43 Å². The quantitative estimate of drug-likeness (QED) is 0.664. The van der Waals surface area contributed by atoms with E-state index < -0.39 is 8.32 Å². The van der Waals surface area contributed by atoms with Crippen molar-refractivity contribution in [2.24, 2.45) is 0 Å². The molecule has 1 aromatic rings. The van der Waals surface area contributed by atoms with Crippen molar-refractivity contribution in [1.29, 1.82) is 0 Å². The van der Waals surface area contributed by atoms with Crippen molar-refractivity contribution in [3.05, 3.63) is 30.3 Å². The summed E-state index contributed by atoms with van der Waals surface area (Å²) in [7, 11) is -1.69. The minimum absolute atomic E-state index is 0.317. The summed E-state index contributed by atoms with van der Waals surface area (Å²) in [5.74, 6) is 1.02. The Morgan fingerprint density at radius 2 is 1.69 bits per heavy atom. The second-order valence-electron chi connectivity index (χ2n) is 5.56. The van der Waals surface area contributed by atoms with Gasteiger partial charge in [0.1, 0.15) is 5.75 Å². The van der Waals surface area contributed by atoms with E-state index in [1.54, 1.807) is 0 Å². The van der Waals surface area contributed by atoms with Gasteiger partial charge in [-0.2, -0.15) is 0 Å². The molecule has 2 heteroatoms. The lowest BCUT2D eigenvalue weighted by Crippen LogP contribution is -2.45. The molecule has 0 amide bonds. The Kier molecular flexibility index (Phi) is 4.19. The number of para-hydroxylation sites is 1. The molecule has 1 aromatic carbocycles. The van der Waals surface area contributed by atoms with Gasteiger partial charge in [-0.1, -0.05) is 45.4 Å². The first-order valence-corrected chi connectivity index (χ1v) is 9.04. The second kappa shape index (κ2) is 5.04. The van der Waals surface area contributed by atoms with Gasteiger partial charge in [-0.25, -0.2) is 0 Å². The van der Waals surface area contributed by atoms with Crippen molar-refractivity contribution >= 4 is 8.32 Å². The Hall–Kier alpha value is -0.763. The van der Waals surface area contributed by atoms with Gasteiger partial charge in [0.2, 0.25) is 0 Å². The van der Waals surface area contributed by atoms with Gasteiger partial charge in [0.05, 0.1) is 0 Å². The van der Waals surface area contributed by atoms with Crippen LogP contribution in [0.4, 0.5) is 0 Å². The van der Waals surface area contributed by atoms with Crippen LogP contribution in [0.15, 0.2) is 30.3 Å². The SMILES string of the molecule is CCCC(C)(C)[Si](C)(C)Oc1ccccc1. The highest BCUT2D eigenvalue weighted by molar-refractivity contribution is 6.74. The molecule has 0 aliphatic rings. The Morgan fingerprint density at radius 1 is 1.12 bits per heavy atom. The van der Waals surface area contributed by atoms with Gasteiger partial charge in [0.15, 0.2) is 0 Å². The zero-order chi connectivity index (χ0) is 12.2. The Morgan fingerprint density at radius 3 is 2.19 bits per heavy atom. The minimum atomic E-state index is -1.69. The highest BCUT2D eigenvalue weighted by Gasteiger charge is 2.41. The summed E-state index contributed by atoms with van der Waals surface area (Å²) < 4.78 is 6.26. The van der Waals surface area contributed by atoms with Crippen LogP contribution in [0.5, 0.6) is 5.75 Å². The van der Waals surface area contributed by atoms with Crippen LogP contribution in [0.2, 0.25) is 18.1 Å². The van der Waals surface area contributed by atoms with E-state index in [4.69, 9.17) is 4.43 Å². The largest absolute Gasteiger partial charge is 0.543 e. The van der Waals surface area contributed by atoms with Crippen LogP contribution in [0.25, 0.3) is 0 Å². The summed E-state index contributed by atoms with van der Waals surface area (Å²) in [4.78, 5) is 0. The van der Waals surface area contributed by atoms with E-state index in [1.807, 2.05) is 18.2 Å². The second-order valence-corrected chi connectivity index (χ2v) is 10.1. The molecule has 90 valence electrons. The molecule has 0 aliphatic carbocycles. The van der Waals surface area contributed by atoms with Crippen LogP contribution in [-0.4, -0.2) is 8.32 Å². The third-order valence-corrected chi connectivity index (χ3v) is 7.88. The number of hydrogen-bond acceptors (Lipinski definition) is 1. The summed E-state index contributed by atoms with van der Waals surface area (Å²) in [6, 6.07) is 10.2. The fourth-order valence-electron chi connectivity index (χ4n) is 1.85. The molecule has 0 N–H and O–H groups in total. The van der Waals surface area contributed by atoms with Crippen molar-refractivity contribution in [3.63, 3.8) is 0 Å². The molecule has 0 fully saturated rings. The highest BCUT2D eigenvalue weighted by atomic mass is 28.4. The van der Waals surface area contributed by atoms with Gasteiger partial charge in [0, 0.05) is 0 Å². The molecular weight excluding hydrogens is 212 g/mol. The molecular formula is C14H24OSi. The van der Waals surface area contributed by atoms with Crippen molar-refractivity contribution in [2.75, 3.05) is 0 Å². The molecule has 0 atom stereocenters. The minimum Gasteiger partial charge on any atom is -0.543 e. The van der Waals surface area contributed by atoms with Crippen molar-refractivity contribution in [1.82, 2.24) is 0 Å². The molecule has 0 bridgehead atoms. The van der Waals surface area contributed by atoms with E-state index in [0.717, 1.165) is 5.75 Å². The van der Waals surface area contributed by atoms with Crippen LogP contribution in [0.3, 0.4) is 0 Å². The molecule has 0 unspecified atom stereocenters. The standard InChI is InChI=1S/C14H24OSi/c1-6-12-14(2,3)16(4,5)15-13-10-8-7-9-11-13/h7-11H,6,12H2,1-5H3. The third kappa shape index (κ3) is 3.11. The molecule has 1 nitrogen and oxygen atoms in total. The van der Waals surface area contributed by atoms with E-state index in [0.29, 0.717) is 5.04 Å². The van der Waals surface area contributed by atoms with Crippen molar-refractivity contribution in [2.45, 2.75) is 51.7 Å². The first-order chi connectivity index (χ1) is 7.39. The Labute approximate surface area is 101 Å². The van der Waals surface area contributed by atoms with E-state index >= 15 is 0 Å². The maximum Gasteiger partial charge on any atom is 0.250 e. The molecule has 0 radical (unpaired) electrons. The summed E-state index contributed by atoms with van der Waals surface area (Å²) >= 11 is 0. The zero-order valence-electron chi connectivity index (χ0n) is 11.2. The maximum absolute atomic E-state index is 6.26. The van der Waals surface area contributed by atoms with Crippen LogP contribution in [-0.2, 0) is 0 Å². The van der Waals surface area contributed by atoms with Gasteiger partial charge in [-0.3, -0.25) is 0 Å². The molecule has 1 rings (SSSR count). The van der Waals surface area contributed by atoms with Crippen LogP contribution in [0, 0.1) is 0 Å². The number of hydrogen-bond donors (Lipinski definition) is 0. The maximum atomic E-state index is 6.26. The lowest BCUT2D eigenvalue weighted by Gasteiger charge is -2.39. The van der Waals surface area contributed by atoms with Gasteiger partial charge in [0.25, 0.3) is 8.32 Å². The highest BCUT2D eigenvalue weighted by Crippen LogP contribution is 2.42. The van der Waals surface area contributed by atoms with Gasteiger partial charge >= 0.3 is 0 Å². The smallest absolute Gasteiger partial charge is 0.250 e. The predicted octanol–water partition coefficient (Wildman–Crippen LogP) is 4.85. The fourth-order valence-corrected chi connectivity index (χ4v) is 3.70.